The van der Waals surface area contributed by atoms with Gasteiger partial charge in [-0.25, -0.2) is 13.8 Å². The molecule has 2 rings (SSSR count). The fraction of sp³-hybridized carbons (Fsp3) is 0.250. The first-order valence-electron chi connectivity index (χ1n) is 5.37. The fourth-order valence-electron chi connectivity index (χ4n) is 1.35. The zero-order valence-corrected chi connectivity index (χ0v) is 10.4. The van der Waals surface area contributed by atoms with Crippen LogP contribution in [-0.4, -0.2) is 22.1 Å². The lowest BCUT2D eigenvalue weighted by Crippen LogP contribution is -2.03. The second-order valence-electron chi connectivity index (χ2n) is 3.55. The van der Waals surface area contributed by atoms with E-state index in [0.29, 0.717) is 24.0 Å². The first kappa shape index (κ1) is 13.0. The summed E-state index contributed by atoms with van der Waals surface area (Å²) in [6, 6.07) is 3.51. The molecule has 0 aliphatic carbocycles. The Balaban J connectivity index is 1.69. The molecule has 0 fully saturated rings. The van der Waals surface area contributed by atoms with E-state index in [0.717, 1.165) is 6.07 Å². The zero-order chi connectivity index (χ0) is 12.8. The van der Waals surface area contributed by atoms with Gasteiger partial charge in [0.1, 0.15) is 11.6 Å². The van der Waals surface area contributed by atoms with Gasteiger partial charge in [0.05, 0.1) is 18.9 Å². The van der Waals surface area contributed by atoms with Crippen molar-refractivity contribution < 1.29 is 13.5 Å². The molecule has 1 heterocycles. The van der Waals surface area contributed by atoms with Crippen LogP contribution in [0.1, 0.15) is 0 Å². The minimum absolute atomic E-state index is 0.331. The molecule has 0 atom stereocenters. The van der Waals surface area contributed by atoms with E-state index in [1.54, 1.807) is 12.5 Å². The molecular formula is C12H12F2N2OS. The molecule has 0 N–H and O–H groups in total. The molecule has 0 amide bonds. The highest BCUT2D eigenvalue weighted by molar-refractivity contribution is 7.99. The standard InChI is InChI=1S/C12H12F2N2OS/c13-10-1-2-12(11(14)7-10)18-9-17-6-5-16-4-3-15-8-16/h1-4,7-8H,5-6,9H2. The van der Waals surface area contributed by atoms with Gasteiger partial charge in [-0.1, -0.05) is 11.8 Å². The van der Waals surface area contributed by atoms with Gasteiger partial charge in [-0.3, -0.25) is 0 Å². The molecule has 0 bridgehead atoms. The van der Waals surface area contributed by atoms with Crippen LogP contribution < -0.4 is 0 Å². The van der Waals surface area contributed by atoms with E-state index < -0.39 is 11.6 Å². The van der Waals surface area contributed by atoms with Crippen LogP contribution in [0.4, 0.5) is 8.78 Å². The van der Waals surface area contributed by atoms with E-state index in [9.17, 15) is 8.78 Å². The fourth-order valence-corrected chi connectivity index (χ4v) is 2.03. The summed E-state index contributed by atoms with van der Waals surface area (Å²) in [6.07, 6.45) is 5.24. The highest BCUT2D eigenvalue weighted by Crippen LogP contribution is 2.22. The zero-order valence-electron chi connectivity index (χ0n) is 9.55. The Morgan fingerprint density at radius 3 is 2.94 bits per heavy atom. The monoisotopic (exact) mass is 270 g/mol. The molecule has 0 spiro atoms. The van der Waals surface area contributed by atoms with Crippen molar-refractivity contribution in [3.05, 3.63) is 48.6 Å². The van der Waals surface area contributed by atoms with Gasteiger partial charge in [0.2, 0.25) is 0 Å². The summed E-state index contributed by atoms with van der Waals surface area (Å²) in [7, 11) is 0. The molecule has 1 aromatic carbocycles. The Bertz CT molecular complexity index is 491. The third-order valence-corrected chi connectivity index (χ3v) is 3.17. The lowest BCUT2D eigenvalue weighted by Gasteiger charge is -2.05. The molecule has 96 valence electrons. The average molecular weight is 270 g/mol. The molecule has 0 saturated carbocycles. The molecule has 1 aromatic heterocycles. The van der Waals surface area contributed by atoms with Gasteiger partial charge in [0.25, 0.3) is 0 Å². The van der Waals surface area contributed by atoms with E-state index in [2.05, 4.69) is 4.98 Å². The van der Waals surface area contributed by atoms with Gasteiger partial charge in [-0.05, 0) is 12.1 Å². The highest BCUT2D eigenvalue weighted by Gasteiger charge is 2.03. The molecule has 0 saturated heterocycles. The lowest BCUT2D eigenvalue weighted by atomic mass is 10.3. The number of benzene rings is 1. The number of hydrogen-bond donors (Lipinski definition) is 0. The molecule has 0 aliphatic rings. The van der Waals surface area contributed by atoms with Gasteiger partial charge in [-0.15, -0.1) is 0 Å². The summed E-state index contributed by atoms with van der Waals surface area (Å²) in [4.78, 5) is 4.29. The van der Waals surface area contributed by atoms with Crippen LogP contribution in [0.2, 0.25) is 0 Å². The normalized spacial score (nSPS) is 10.8. The van der Waals surface area contributed by atoms with Crippen molar-refractivity contribution in [3.8, 4) is 0 Å². The number of ether oxygens (including phenoxy) is 1. The van der Waals surface area contributed by atoms with E-state index in [1.165, 1.54) is 23.9 Å². The largest absolute Gasteiger partial charge is 0.369 e. The van der Waals surface area contributed by atoms with Gasteiger partial charge in [-0.2, -0.15) is 0 Å². The molecule has 18 heavy (non-hydrogen) atoms. The van der Waals surface area contributed by atoms with Gasteiger partial charge in [0.15, 0.2) is 0 Å². The molecule has 0 unspecified atom stereocenters. The summed E-state index contributed by atoms with van der Waals surface area (Å²) in [5.41, 5.74) is 0. The third-order valence-electron chi connectivity index (χ3n) is 2.24. The van der Waals surface area contributed by atoms with Crippen molar-refractivity contribution >= 4 is 11.8 Å². The highest BCUT2D eigenvalue weighted by atomic mass is 32.2. The van der Waals surface area contributed by atoms with Crippen LogP contribution in [0.15, 0.2) is 41.8 Å². The minimum atomic E-state index is -0.571. The predicted molar refractivity (Wildman–Crippen MR) is 65.3 cm³/mol. The maximum Gasteiger partial charge on any atom is 0.139 e. The number of nitrogens with zero attached hydrogens (tertiary/aromatic N) is 2. The van der Waals surface area contributed by atoms with Crippen molar-refractivity contribution in [3.63, 3.8) is 0 Å². The average Bonchev–Trinajstić information content (AvgIpc) is 2.84. The van der Waals surface area contributed by atoms with Gasteiger partial charge < -0.3 is 9.30 Å². The van der Waals surface area contributed by atoms with E-state index in [4.69, 9.17) is 4.74 Å². The summed E-state index contributed by atoms with van der Waals surface area (Å²) < 4.78 is 33.2. The minimum Gasteiger partial charge on any atom is -0.369 e. The Morgan fingerprint density at radius 2 is 2.22 bits per heavy atom. The number of imidazole rings is 1. The molecule has 0 aliphatic heterocycles. The second-order valence-corrected chi connectivity index (χ2v) is 4.51. The van der Waals surface area contributed by atoms with Crippen LogP contribution in [0.5, 0.6) is 0 Å². The Morgan fingerprint density at radius 1 is 1.33 bits per heavy atom. The topological polar surface area (TPSA) is 27.1 Å². The number of hydrogen-bond acceptors (Lipinski definition) is 3. The van der Waals surface area contributed by atoms with Gasteiger partial charge in [0, 0.05) is 29.9 Å². The van der Waals surface area contributed by atoms with Crippen LogP contribution in [0.3, 0.4) is 0 Å². The van der Waals surface area contributed by atoms with E-state index in [-0.39, 0.29) is 0 Å². The first-order chi connectivity index (χ1) is 8.75. The summed E-state index contributed by atoms with van der Waals surface area (Å²) in [5, 5.41) is 0. The third kappa shape index (κ3) is 3.82. The van der Waals surface area contributed by atoms with E-state index in [1.807, 2.05) is 10.8 Å². The number of halogens is 2. The Hall–Kier alpha value is -1.40. The predicted octanol–water partition coefficient (Wildman–Crippen LogP) is 2.93. The van der Waals surface area contributed by atoms with Crippen LogP contribution in [0, 0.1) is 11.6 Å². The lowest BCUT2D eigenvalue weighted by molar-refractivity contribution is 0.172. The smallest absolute Gasteiger partial charge is 0.139 e. The summed E-state index contributed by atoms with van der Waals surface area (Å²) >= 11 is 1.20. The SMILES string of the molecule is Fc1ccc(SCOCCn2ccnc2)c(F)c1. The Labute approximate surface area is 108 Å². The van der Waals surface area contributed by atoms with Gasteiger partial charge >= 0.3 is 0 Å². The quantitative estimate of drug-likeness (QED) is 0.459. The summed E-state index contributed by atoms with van der Waals surface area (Å²) in [6.45, 7) is 1.22. The summed E-state index contributed by atoms with van der Waals surface area (Å²) in [5.74, 6) is -0.798. The van der Waals surface area contributed by atoms with Crippen molar-refractivity contribution in [1.29, 1.82) is 0 Å². The van der Waals surface area contributed by atoms with E-state index >= 15 is 0 Å². The van der Waals surface area contributed by atoms with Crippen LogP contribution in [-0.2, 0) is 11.3 Å². The second kappa shape index (κ2) is 6.51. The van der Waals surface area contributed by atoms with Crippen molar-refractivity contribution in [2.45, 2.75) is 11.4 Å². The van der Waals surface area contributed by atoms with Crippen LogP contribution >= 0.6 is 11.8 Å². The molecular weight excluding hydrogens is 258 g/mol. The Kier molecular flexibility index (Phi) is 4.72. The molecule has 2 aromatic rings. The number of aromatic nitrogens is 2. The molecule has 6 heteroatoms. The first-order valence-corrected chi connectivity index (χ1v) is 6.35. The maximum atomic E-state index is 13.3. The van der Waals surface area contributed by atoms with Crippen LogP contribution in [0.25, 0.3) is 0 Å². The molecule has 3 nitrogen and oxygen atoms in total. The van der Waals surface area contributed by atoms with Crippen molar-refractivity contribution in [2.75, 3.05) is 12.5 Å². The number of thioether (sulfide) groups is 1. The number of rotatable bonds is 6. The molecule has 0 radical (unpaired) electrons. The van der Waals surface area contributed by atoms with Crippen molar-refractivity contribution in [2.24, 2.45) is 0 Å². The maximum absolute atomic E-state index is 13.3. The van der Waals surface area contributed by atoms with Crippen molar-refractivity contribution in [1.82, 2.24) is 9.55 Å².